The maximum Gasteiger partial charge on any atom is 0.335 e. The second kappa shape index (κ2) is 8.44. The normalized spacial score (nSPS) is 27.4. The number of hydrogen-bond donors (Lipinski definition) is 5. The molecule has 1 aliphatic heterocycles. The molecule has 150 valence electrons. The Balaban J connectivity index is 1.78. The van der Waals surface area contributed by atoms with E-state index in [-0.39, 0.29) is 16.3 Å². The summed E-state index contributed by atoms with van der Waals surface area (Å²) in [4.78, 5) is 10.9. The van der Waals surface area contributed by atoms with E-state index in [1.807, 2.05) is 0 Å². The number of benzene rings is 2. The third-order valence-corrected chi connectivity index (χ3v) is 4.78. The van der Waals surface area contributed by atoms with Crippen LogP contribution in [0.5, 0.6) is 5.75 Å². The highest BCUT2D eigenvalue weighted by atomic mass is 35.5. The molecule has 0 amide bonds. The lowest BCUT2D eigenvalue weighted by atomic mass is 9.99. The van der Waals surface area contributed by atoms with Crippen molar-refractivity contribution in [1.29, 1.82) is 0 Å². The van der Waals surface area contributed by atoms with Gasteiger partial charge in [0.25, 0.3) is 0 Å². The minimum Gasteiger partial charge on any atom is -0.478 e. The molecular formula is C19H19ClO8. The Labute approximate surface area is 165 Å². The first-order valence-electron chi connectivity index (χ1n) is 8.42. The summed E-state index contributed by atoms with van der Waals surface area (Å²) < 4.78 is 10.8. The first-order valence-corrected chi connectivity index (χ1v) is 8.80. The van der Waals surface area contributed by atoms with Crippen LogP contribution in [-0.4, -0.2) is 68.8 Å². The second-order valence-corrected chi connectivity index (χ2v) is 6.75. The summed E-state index contributed by atoms with van der Waals surface area (Å²) in [7, 11) is 0. The highest BCUT2D eigenvalue weighted by Crippen LogP contribution is 2.33. The van der Waals surface area contributed by atoms with E-state index in [1.165, 1.54) is 18.2 Å². The van der Waals surface area contributed by atoms with Gasteiger partial charge in [-0.05, 0) is 35.4 Å². The lowest BCUT2D eigenvalue weighted by molar-refractivity contribution is -0.277. The molecule has 5 N–H and O–H groups in total. The summed E-state index contributed by atoms with van der Waals surface area (Å²) in [5.41, 5.74) is 1.62. The van der Waals surface area contributed by atoms with E-state index in [1.54, 1.807) is 24.3 Å². The van der Waals surface area contributed by atoms with Gasteiger partial charge in [0.05, 0.1) is 17.2 Å². The summed E-state index contributed by atoms with van der Waals surface area (Å²) >= 11 is 6.25. The average Bonchev–Trinajstić information content (AvgIpc) is 2.69. The molecule has 2 aromatic rings. The predicted molar refractivity (Wildman–Crippen MR) is 98.2 cm³/mol. The molecule has 3 rings (SSSR count). The van der Waals surface area contributed by atoms with E-state index in [9.17, 15) is 25.2 Å². The number of hydrogen-bond acceptors (Lipinski definition) is 7. The average molecular weight is 411 g/mol. The van der Waals surface area contributed by atoms with Crippen molar-refractivity contribution in [3.05, 3.63) is 53.1 Å². The quantitative estimate of drug-likeness (QED) is 0.490. The van der Waals surface area contributed by atoms with Crippen LogP contribution in [0, 0.1) is 0 Å². The molecule has 1 aliphatic rings. The van der Waals surface area contributed by atoms with Crippen LogP contribution in [0.4, 0.5) is 0 Å². The molecule has 28 heavy (non-hydrogen) atoms. The van der Waals surface area contributed by atoms with Crippen molar-refractivity contribution in [2.75, 3.05) is 6.61 Å². The van der Waals surface area contributed by atoms with E-state index in [0.717, 1.165) is 5.56 Å². The zero-order chi connectivity index (χ0) is 20.4. The van der Waals surface area contributed by atoms with E-state index in [4.69, 9.17) is 26.2 Å². The second-order valence-electron chi connectivity index (χ2n) is 6.34. The van der Waals surface area contributed by atoms with Crippen molar-refractivity contribution < 1.29 is 39.8 Å². The number of rotatable bonds is 5. The Morgan fingerprint density at radius 1 is 1.00 bits per heavy atom. The van der Waals surface area contributed by atoms with E-state index < -0.39 is 43.3 Å². The molecule has 0 aromatic heterocycles. The van der Waals surface area contributed by atoms with E-state index >= 15 is 0 Å². The standard InChI is InChI=1S/C19H19ClO8/c20-12-7-11(9-1-3-10(4-2-9)18(25)26)5-6-13(12)27-19-17(24)16(23)15(22)14(8-21)28-19/h1-7,14-17,19,21-24H,8H2,(H,25,26)/t14-,15-,16+,17+,19-/m1/s1. The van der Waals surface area contributed by atoms with Crippen LogP contribution in [0.1, 0.15) is 10.4 Å². The van der Waals surface area contributed by atoms with Crippen molar-refractivity contribution >= 4 is 17.6 Å². The monoisotopic (exact) mass is 410 g/mol. The van der Waals surface area contributed by atoms with Crippen LogP contribution in [-0.2, 0) is 4.74 Å². The molecule has 0 saturated carbocycles. The molecule has 0 aliphatic carbocycles. The molecule has 1 fully saturated rings. The van der Waals surface area contributed by atoms with Crippen molar-refractivity contribution in [1.82, 2.24) is 0 Å². The molecule has 5 atom stereocenters. The first-order chi connectivity index (χ1) is 13.3. The number of aromatic carboxylic acids is 1. The summed E-state index contributed by atoms with van der Waals surface area (Å²) in [6.07, 6.45) is -7.01. The fourth-order valence-corrected chi connectivity index (χ4v) is 3.10. The maximum absolute atomic E-state index is 10.9. The Kier molecular flexibility index (Phi) is 6.19. The summed E-state index contributed by atoms with van der Waals surface area (Å²) in [5, 5.41) is 48.0. The fraction of sp³-hybridized carbons (Fsp3) is 0.316. The highest BCUT2D eigenvalue weighted by Gasteiger charge is 2.44. The predicted octanol–water partition coefficient (Wildman–Crippen LogP) is 0.884. The molecule has 2 aromatic carbocycles. The molecule has 0 bridgehead atoms. The zero-order valence-corrected chi connectivity index (χ0v) is 15.2. The summed E-state index contributed by atoms with van der Waals surface area (Å²) in [5.74, 6) is -0.857. The number of aliphatic hydroxyl groups excluding tert-OH is 4. The number of carboxylic acids is 1. The molecule has 0 radical (unpaired) electrons. The van der Waals surface area contributed by atoms with Gasteiger partial charge in [-0.25, -0.2) is 4.79 Å². The minimum atomic E-state index is -1.55. The highest BCUT2D eigenvalue weighted by molar-refractivity contribution is 6.32. The van der Waals surface area contributed by atoms with E-state index in [2.05, 4.69) is 0 Å². The molecule has 1 saturated heterocycles. The number of halogens is 1. The number of ether oxygens (including phenoxy) is 2. The zero-order valence-electron chi connectivity index (χ0n) is 14.5. The SMILES string of the molecule is O=C(O)c1ccc(-c2ccc(O[C@@H]3O[C@H](CO)[C@@H](O)[C@H](O)[C@@H]3O)c(Cl)c2)cc1. The van der Waals surface area contributed by atoms with Gasteiger partial charge >= 0.3 is 5.97 Å². The number of carboxylic acid groups (broad SMARTS) is 1. The maximum atomic E-state index is 10.9. The van der Waals surface area contributed by atoms with Crippen molar-refractivity contribution in [3.8, 4) is 16.9 Å². The van der Waals surface area contributed by atoms with Crippen LogP contribution in [0.3, 0.4) is 0 Å². The largest absolute Gasteiger partial charge is 0.478 e. The van der Waals surface area contributed by atoms with Gasteiger partial charge in [0.15, 0.2) is 0 Å². The number of aliphatic hydroxyl groups is 4. The molecule has 8 nitrogen and oxygen atoms in total. The van der Waals surface area contributed by atoms with E-state index in [0.29, 0.717) is 5.56 Å². The van der Waals surface area contributed by atoms with Gasteiger partial charge in [0.1, 0.15) is 30.2 Å². The van der Waals surface area contributed by atoms with Crippen LogP contribution in [0.15, 0.2) is 42.5 Å². The smallest absolute Gasteiger partial charge is 0.335 e. The third-order valence-electron chi connectivity index (χ3n) is 4.49. The molecular weight excluding hydrogens is 392 g/mol. The lowest BCUT2D eigenvalue weighted by Gasteiger charge is -2.39. The van der Waals surface area contributed by atoms with Gasteiger partial charge in [0, 0.05) is 0 Å². The molecule has 1 heterocycles. The van der Waals surface area contributed by atoms with Gasteiger partial charge in [-0.15, -0.1) is 0 Å². The van der Waals surface area contributed by atoms with Crippen LogP contribution >= 0.6 is 11.6 Å². The summed E-state index contributed by atoms with van der Waals surface area (Å²) in [6.45, 7) is -0.566. The molecule has 0 unspecified atom stereocenters. The number of carbonyl (C=O) groups is 1. The minimum absolute atomic E-state index is 0.164. The third kappa shape index (κ3) is 4.12. The van der Waals surface area contributed by atoms with Crippen molar-refractivity contribution in [3.63, 3.8) is 0 Å². The van der Waals surface area contributed by atoms with Gasteiger partial charge < -0.3 is 35.0 Å². The van der Waals surface area contributed by atoms with Crippen molar-refractivity contribution in [2.45, 2.75) is 30.7 Å². The Morgan fingerprint density at radius 2 is 1.64 bits per heavy atom. The molecule has 9 heteroatoms. The van der Waals surface area contributed by atoms with Gasteiger partial charge in [-0.2, -0.15) is 0 Å². The van der Waals surface area contributed by atoms with Crippen molar-refractivity contribution in [2.24, 2.45) is 0 Å². The Bertz CT molecular complexity index is 838. The van der Waals surface area contributed by atoms with Crippen LogP contribution in [0.2, 0.25) is 5.02 Å². The molecule has 0 spiro atoms. The topological polar surface area (TPSA) is 137 Å². The Morgan fingerprint density at radius 3 is 2.21 bits per heavy atom. The van der Waals surface area contributed by atoms with Gasteiger partial charge in [-0.1, -0.05) is 29.8 Å². The van der Waals surface area contributed by atoms with Crippen LogP contribution < -0.4 is 4.74 Å². The van der Waals surface area contributed by atoms with Gasteiger partial charge in [-0.3, -0.25) is 0 Å². The summed E-state index contributed by atoms with van der Waals surface area (Å²) in [6, 6.07) is 11.1. The first kappa shape index (κ1) is 20.5. The van der Waals surface area contributed by atoms with Crippen LogP contribution in [0.25, 0.3) is 11.1 Å². The lowest BCUT2D eigenvalue weighted by Crippen LogP contribution is -2.60. The van der Waals surface area contributed by atoms with Gasteiger partial charge in [0.2, 0.25) is 6.29 Å². The Hall–Kier alpha value is -2.20. The fourth-order valence-electron chi connectivity index (χ4n) is 2.87.